The molecule has 0 aliphatic heterocycles. The van der Waals surface area contributed by atoms with E-state index in [0.717, 1.165) is 5.75 Å². The van der Waals surface area contributed by atoms with Gasteiger partial charge in [-0.15, -0.1) is 0 Å². The quantitative estimate of drug-likeness (QED) is 0.772. The van der Waals surface area contributed by atoms with Crippen LogP contribution in [-0.4, -0.2) is 42.9 Å². The Balaban J connectivity index is 2.21. The Labute approximate surface area is 102 Å². The fourth-order valence-corrected chi connectivity index (χ4v) is 1.45. The highest BCUT2D eigenvalue weighted by molar-refractivity contribution is 5.20. The lowest BCUT2D eigenvalue weighted by molar-refractivity contribution is 0.0770. The van der Waals surface area contributed by atoms with Gasteiger partial charge in [0, 0.05) is 19.5 Å². The molecule has 4 heteroatoms. The summed E-state index contributed by atoms with van der Waals surface area (Å²) in [5.41, 5.74) is 0. The van der Waals surface area contributed by atoms with Crippen molar-refractivity contribution in [1.29, 1.82) is 5.26 Å². The first kappa shape index (κ1) is 13.5. The molecule has 0 aliphatic rings. The molecule has 0 bridgehead atoms. The van der Waals surface area contributed by atoms with Crippen LogP contribution >= 0.6 is 0 Å². The van der Waals surface area contributed by atoms with Crippen molar-refractivity contribution < 1.29 is 9.84 Å². The van der Waals surface area contributed by atoms with Crippen LogP contribution in [0.5, 0.6) is 5.75 Å². The van der Waals surface area contributed by atoms with Crippen LogP contribution in [0.4, 0.5) is 0 Å². The Hall–Kier alpha value is -1.57. The summed E-state index contributed by atoms with van der Waals surface area (Å²) in [6.45, 7) is 1.44. The third kappa shape index (κ3) is 5.91. The van der Waals surface area contributed by atoms with Crippen LogP contribution in [0.2, 0.25) is 0 Å². The monoisotopic (exact) mass is 234 g/mol. The van der Waals surface area contributed by atoms with Gasteiger partial charge in [0.15, 0.2) is 0 Å². The van der Waals surface area contributed by atoms with Crippen LogP contribution < -0.4 is 4.74 Å². The predicted octanol–water partition coefficient (Wildman–Crippen LogP) is 1.27. The second kappa shape index (κ2) is 7.66. The maximum Gasteiger partial charge on any atom is 0.119 e. The van der Waals surface area contributed by atoms with Crippen molar-refractivity contribution in [2.24, 2.45) is 0 Å². The molecule has 1 N–H and O–H groups in total. The van der Waals surface area contributed by atoms with Gasteiger partial charge in [-0.25, -0.2) is 0 Å². The molecule has 17 heavy (non-hydrogen) atoms. The van der Waals surface area contributed by atoms with E-state index in [2.05, 4.69) is 6.07 Å². The van der Waals surface area contributed by atoms with Crippen LogP contribution in [0.1, 0.15) is 6.42 Å². The van der Waals surface area contributed by atoms with Crippen LogP contribution in [0, 0.1) is 11.3 Å². The van der Waals surface area contributed by atoms with Crippen molar-refractivity contribution in [3.05, 3.63) is 30.3 Å². The van der Waals surface area contributed by atoms with Gasteiger partial charge in [-0.3, -0.25) is 0 Å². The summed E-state index contributed by atoms with van der Waals surface area (Å²) in [7, 11) is 1.88. The molecule has 0 spiro atoms. The molecule has 1 rings (SSSR count). The highest BCUT2D eigenvalue weighted by atomic mass is 16.5. The highest BCUT2D eigenvalue weighted by Gasteiger charge is 2.08. The van der Waals surface area contributed by atoms with Crippen molar-refractivity contribution in [2.45, 2.75) is 12.5 Å². The number of benzene rings is 1. The smallest absolute Gasteiger partial charge is 0.119 e. The lowest BCUT2D eigenvalue weighted by Gasteiger charge is -2.19. The van der Waals surface area contributed by atoms with E-state index in [9.17, 15) is 5.11 Å². The van der Waals surface area contributed by atoms with Crippen LogP contribution in [0.25, 0.3) is 0 Å². The summed E-state index contributed by atoms with van der Waals surface area (Å²) in [5, 5.41) is 18.2. The van der Waals surface area contributed by atoms with Crippen molar-refractivity contribution >= 4 is 0 Å². The summed E-state index contributed by atoms with van der Waals surface area (Å²) in [4.78, 5) is 1.92. The normalized spacial score (nSPS) is 12.1. The number of aliphatic hydroxyl groups excluding tert-OH is 1. The van der Waals surface area contributed by atoms with E-state index in [4.69, 9.17) is 10.00 Å². The van der Waals surface area contributed by atoms with Crippen LogP contribution in [0.3, 0.4) is 0 Å². The second-order valence-corrected chi connectivity index (χ2v) is 3.95. The fourth-order valence-electron chi connectivity index (χ4n) is 1.45. The van der Waals surface area contributed by atoms with Crippen molar-refractivity contribution in [3.63, 3.8) is 0 Å². The van der Waals surface area contributed by atoms with Gasteiger partial charge in [-0.05, 0) is 19.2 Å². The number of rotatable bonds is 7. The Morgan fingerprint density at radius 2 is 2.12 bits per heavy atom. The van der Waals surface area contributed by atoms with Gasteiger partial charge in [0.25, 0.3) is 0 Å². The topological polar surface area (TPSA) is 56.5 Å². The first-order valence-electron chi connectivity index (χ1n) is 5.64. The van der Waals surface area contributed by atoms with Crippen LogP contribution in [0.15, 0.2) is 30.3 Å². The molecule has 92 valence electrons. The summed E-state index contributed by atoms with van der Waals surface area (Å²) in [5.74, 6) is 0.756. The van der Waals surface area contributed by atoms with Crippen molar-refractivity contribution in [3.8, 4) is 11.8 Å². The zero-order chi connectivity index (χ0) is 12.5. The molecule has 0 radical (unpaired) electrons. The fraction of sp³-hybridized carbons (Fsp3) is 0.462. The average molecular weight is 234 g/mol. The molecule has 4 nitrogen and oxygen atoms in total. The molecule has 0 saturated carbocycles. The minimum atomic E-state index is -0.543. The third-order valence-corrected chi connectivity index (χ3v) is 2.31. The van der Waals surface area contributed by atoms with Crippen molar-refractivity contribution in [2.75, 3.05) is 26.7 Å². The standard InChI is InChI=1S/C13H18N2O2/c1-15(9-5-8-14)10-12(16)11-17-13-6-3-2-4-7-13/h2-4,6-7,12,16H,5,9-11H2,1H3. The summed E-state index contributed by atoms with van der Waals surface area (Å²) < 4.78 is 5.43. The molecular formula is C13H18N2O2. The minimum Gasteiger partial charge on any atom is -0.491 e. The van der Waals surface area contributed by atoms with Gasteiger partial charge in [0.2, 0.25) is 0 Å². The molecule has 1 aromatic rings. The summed E-state index contributed by atoms with van der Waals surface area (Å²) in [6.07, 6.45) is -0.0677. The lowest BCUT2D eigenvalue weighted by Crippen LogP contribution is -2.33. The number of likely N-dealkylation sites (N-methyl/N-ethyl adjacent to an activating group) is 1. The van der Waals surface area contributed by atoms with Crippen molar-refractivity contribution in [1.82, 2.24) is 4.90 Å². The molecule has 0 aromatic heterocycles. The van der Waals surface area contributed by atoms with E-state index in [0.29, 0.717) is 19.5 Å². The minimum absolute atomic E-state index is 0.265. The van der Waals surface area contributed by atoms with Gasteiger partial charge < -0.3 is 14.7 Å². The summed E-state index contributed by atoms with van der Waals surface area (Å²) >= 11 is 0. The second-order valence-electron chi connectivity index (χ2n) is 3.95. The summed E-state index contributed by atoms with van der Waals surface area (Å²) in [6, 6.07) is 11.5. The average Bonchev–Trinajstić information content (AvgIpc) is 2.35. The Morgan fingerprint density at radius 3 is 2.76 bits per heavy atom. The number of ether oxygens (including phenoxy) is 1. The lowest BCUT2D eigenvalue weighted by atomic mass is 10.3. The molecule has 0 amide bonds. The SMILES string of the molecule is CN(CCC#N)CC(O)COc1ccccc1. The number of nitriles is 1. The van der Waals surface area contributed by atoms with Gasteiger partial charge in [-0.1, -0.05) is 18.2 Å². The van der Waals surface area contributed by atoms with Crippen LogP contribution in [-0.2, 0) is 0 Å². The van der Waals surface area contributed by atoms with Gasteiger partial charge >= 0.3 is 0 Å². The number of nitrogens with zero attached hydrogens (tertiary/aromatic N) is 2. The molecule has 1 atom stereocenters. The highest BCUT2D eigenvalue weighted by Crippen LogP contribution is 2.08. The predicted molar refractivity (Wildman–Crippen MR) is 65.7 cm³/mol. The molecular weight excluding hydrogens is 216 g/mol. The molecule has 0 aliphatic carbocycles. The van der Waals surface area contributed by atoms with Gasteiger partial charge in [0.1, 0.15) is 18.5 Å². The number of hydrogen-bond donors (Lipinski definition) is 1. The first-order chi connectivity index (χ1) is 8.22. The molecule has 0 heterocycles. The molecule has 1 aromatic carbocycles. The maximum absolute atomic E-state index is 9.73. The number of para-hydroxylation sites is 1. The Kier molecular flexibility index (Phi) is 6.08. The molecule has 0 fully saturated rings. The third-order valence-electron chi connectivity index (χ3n) is 2.31. The van der Waals surface area contributed by atoms with Gasteiger partial charge in [0.05, 0.1) is 6.07 Å². The Bertz CT molecular complexity index is 348. The molecule has 0 saturated heterocycles. The van der Waals surface area contributed by atoms with E-state index >= 15 is 0 Å². The van der Waals surface area contributed by atoms with E-state index in [1.165, 1.54) is 0 Å². The number of aliphatic hydroxyl groups is 1. The molecule has 1 unspecified atom stereocenters. The zero-order valence-electron chi connectivity index (χ0n) is 10.0. The van der Waals surface area contributed by atoms with E-state index in [-0.39, 0.29) is 6.61 Å². The van der Waals surface area contributed by atoms with Gasteiger partial charge in [-0.2, -0.15) is 5.26 Å². The van der Waals surface area contributed by atoms with E-state index < -0.39 is 6.10 Å². The first-order valence-corrected chi connectivity index (χ1v) is 5.64. The number of hydrogen-bond acceptors (Lipinski definition) is 4. The zero-order valence-corrected chi connectivity index (χ0v) is 10.0. The Morgan fingerprint density at radius 1 is 1.41 bits per heavy atom. The van der Waals surface area contributed by atoms with E-state index in [1.807, 2.05) is 42.3 Å². The van der Waals surface area contributed by atoms with E-state index in [1.54, 1.807) is 0 Å². The maximum atomic E-state index is 9.73. The largest absolute Gasteiger partial charge is 0.491 e.